The van der Waals surface area contributed by atoms with Crippen molar-refractivity contribution in [2.75, 3.05) is 26.4 Å². The van der Waals surface area contributed by atoms with Gasteiger partial charge in [0, 0.05) is 19.4 Å². The summed E-state index contributed by atoms with van der Waals surface area (Å²) in [6.45, 7) is 3.40. The number of esters is 2. The largest absolute Gasteiger partial charge is 0.472 e. The molecule has 0 radical (unpaired) electrons. The number of phosphoric acid groups is 1. The Balaban J connectivity index is 4.16. The third-order valence-corrected chi connectivity index (χ3v) is 13.5. The average Bonchev–Trinajstić information content (AvgIpc) is 3.65. The van der Waals surface area contributed by atoms with Gasteiger partial charge >= 0.3 is 19.8 Å². The fraction of sp³-hybridized carbons (Fsp3) is 0.481. The molecule has 0 aromatic carbocycles. The van der Waals surface area contributed by atoms with E-state index in [9.17, 15) is 19.0 Å². The Hall–Kier alpha value is -5.93. The van der Waals surface area contributed by atoms with Crippen molar-refractivity contribution in [2.24, 2.45) is 5.73 Å². The van der Waals surface area contributed by atoms with E-state index in [0.29, 0.717) is 12.8 Å². The van der Waals surface area contributed by atoms with Gasteiger partial charge in [0.25, 0.3) is 0 Å². The third kappa shape index (κ3) is 69.0. The summed E-state index contributed by atoms with van der Waals surface area (Å²) in [6.07, 6.45) is 110. The van der Waals surface area contributed by atoms with Crippen molar-refractivity contribution in [3.63, 3.8) is 0 Å². The molecule has 9 nitrogen and oxygen atoms in total. The molecule has 0 spiro atoms. The SMILES string of the molecule is CC/C=C\C/C=C\C/C=C\C/C=C\C/C=C\C/C=C\C/C=C\C/C=C\C/C=C\C/C=C\C/C=C\CCCCCC(=O)OC(COC(=O)CCCCCC/C=C\C/C=C\C/C=C\C/C=C\C/C=C\C/C=C\C/C=C\C/C=C\CC)COP(=O)(O)OCCN. The van der Waals surface area contributed by atoms with Gasteiger partial charge in [-0.05, 0) is 161 Å². The van der Waals surface area contributed by atoms with Crippen LogP contribution in [0.5, 0.6) is 0 Å². The van der Waals surface area contributed by atoms with E-state index in [0.717, 1.165) is 167 Å². The van der Waals surface area contributed by atoms with Gasteiger partial charge in [-0.2, -0.15) is 0 Å². The van der Waals surface area contributed by atoms with Crippen LogP contribution < -0.4 is 5.73 Å². The molecule has 10 heteroatoms. The van der Waals surface area contributed by atoms with Crippen LogP contribution in [0.1, 0.15) is 206 Å². The van der Waals surface area contributed by atoms with E-state index in [-0.39, 0.29) is 32.6 Å². The van der Waals surface area contributed by atoms with Crippen LogP contribution in [0.4, 0.5) is 0 Å². The van der Waals surface area contributed by atoms with Crippen molar-refractivity contribution >= 4 is 19.8 Å². The molecule has 0 rings (SSSR count). The summed E-state index contributed by atoms with van der Waals surface area (Å²) in [6, 6.07) is 0. The second-order valence-corrected chi connectivity index (χ2v) is 22.0. The fourth-order valence-electron chi connectivity index (χ4n) is 7.77. The number of allylic oxidation sites excluding steroid dienone is 38. The van der Waals surface area contributed by atoms with Crippen molar-refractivity contribution in [1.82, 2.24) is 0 Å². The lowest BCUT2D eigenvalue weighted by Crippen LogP contribution is -2.29. The molecule has 0 saturated heterocycles. The predicted molar refractivity (Wildman–Crippen MR) is 375 cm³/mol. The van der Waals surface area contributed by atoms with E-state index >= 15 is 0 Å². The number of carbonyl (C=O) groups is 2. The second-order valence-electron chi connectivity index (χ2n) is 20.5. The molecule has 2 atom stereocenters. The number of unbranched alkanes of at least 4 members (excludes halogenated alkanes) is 7. The lowest BCUT2D eigenvalue weighted by Gasteiger charge is -2.19. The third-order valence-electron chi connectivity index (χ3n) is 12.5. The molecule has 0 aliphatic rings. The first-order valence-corrected chi connectivity index (χ1v) is 34.4. The van der Waals surface area contributed by atoms with Crippen molar-refractivity contribution in [1.29, 1.82) is 0 Å². The summed E-state index contributed by atoms with van der Waals surface area (Å²) < 4.78 is 33.0. The van der Waals surface area contributed by atoms with Crippen molar-refractivity contribution in [3.05, 3.63) is 231 Å². The molecule has 0 aliphatic heterocycles. The van der Waals surface area contributed by atoms with Crippen LogP contribution in [-0.4, -0.2) is 49.3 Å². The molecule has 482 valence electrons. The zero-order valence-electron chi connectivity index (χ0n) is 53.9. The minimum absolute atomic E-state index is 0.0298. The number of carbonyl (C=O) groups excluding carboxylic acids is 2. The van der Waals surface area contributed by atoms with Crippen molar-refractivity contribution in [3.8, 4) is 0 Å². The summed E-state index contributed by atoms with van der Waals surface area (Å²) in [5.41, 5.74) is 5.39. The molecule has 2 unspecified atom stereocenters. The van der Waals surface area contributed by atoms with Gasteiger partial charge < -0.3 is 20.1 Å². The predicted octanol–water partition coefficient (Wildman–Crippen LogP) is 21.8. The van der Waals surface area contributed by atoms with E-state index < -0.39 is 32.5 Å². The first-order chi connectivity index (χ1) is 42.8. The Kier molecular flexibility index (Phi) is 64.5. The summed E-state index contributed by atoms with van der Waals surface area (Å²) in [4.78, 5) is 35.3. The summed E-state index contributed by atoms with van der Waals surface area (Å²) in [5, 5.41) is 0. The molecule has 3 N–H and O–H groups in total. The first-order valence-electron chi connectivity index (χ1n) is 32.9. The molecular weight excluding hydrogens is 1100 g/mol. The van der Waals surface area contributed by atoms with Crippen LogP contribution in [0.3, 0.4) is 0 Å². The van der Waals surface area contributed by atoms with E-state index in [4.69, 9.17) is 24.3 Å². The van der Waals surface area contributed by atoms with E-state index in [1.165, 1.54) is 0 Å². The van der Waals surface area contributed by atoms with Crippen molar-refractivity contribution < 1.29 is 37.6 Å². The standard InChI is InChI=1S/C77H116NO8P/c1-3-5-7-9-11-13-15-17-19-21-23-25-27-29-31-33-34-35-36-37-38-39-40-42-44-46-48-50-52-54-56-58-60-62-64-66-68-70-77(80)86-75(74-85-87(81,82)84-72-71-78)73-83-76(79)69-67-65-63-61-59-57-55-53-51-49-47-45-43-41-32-30-28-26-24-22-20-18-16-14-12-10-8-6-4-2/h5-8,11-14,17-20,23-26,29-32,34-35,37-38,40,42-43,45-46,48-49,51-52,54-55,57-58,60,75H,3-4,9-10,15-16,21-22,27-28,33,36,39,41,44,47,50,53,56,59,61-74,78H2,1-2H3,(H,81,82)/b7-5-,8-6-,13-11-,14-12-,19-17-,20-18-,25-23-,26-24-,31-29-,32-30-,35-34-,38-37-,42-40-,45-43-,48-46-,51-49-,54-52-,57-55-,60-58-. The molecule has 0 fully saturated rings. The van der Waals surface area contributed by atoms with Gasteiger partial charge in [-0.15, -0.1) is 0 Å². The lowest BCUT2D eigenvalue weighted by molar-refractivity contribution is -0.161. The molecule has 0 aliphatic carbocycles. The highest BCUT2D eigenvalue weighted by Crippen LogP contribution is 2.43. The summed E-state index contributed by atoms with van der Waals surface area (Å²) in [7, 11) is -4.43. The maximum absolute atomic E-state index is 12.7. The van der Waals surface area contributed by atoms with Crippen LogP contribution in [-0.2, 0) is 32.7 Å². The summed E-state index contributed by atoms with van der Waals surface area (Å²) >= 11 is 0. The molecule has 0 amide bonds. The molecule has 0 aromatic rings. The van der Waals surface area contributed by atoms with Crippen LogP contribution >= 0.6 is 7.82 Å². The highest BCUT2D eigenvalue weighted by atomic mass is 31.2. The number of hydrogen-bond acceptors (Lipinski definition) is 8. The maximum Gasteiger partial charge on any atom is 0.472 e. The topological polar surface area (TPSA) is 134 Å². The summed E-state index contributed by atoms with van der Waals surface area (Å²) in [5.74, 6) is -0.918. The van der Waals surface area contributed by atoms with Crippen LogP contribution in [0.2, 0.25) is 0 Å². The van der Waals surface area contributed by atoms with E-state index in [1.54, 1.807) is 0 Å². The molecule has 0 aromatic heterocycles. The molecule has 0 saturated carbocycles. The molecule has 0 heterocycles. The highest BCUT2D eigenvalue weighted by Gasteiger charge is 2.26. The van der Waals surface area contributed by atoms with E-state index in [2.05, 4.69) is 245 Å². The Bertz CT molecular complexity index is 2270. The Morgan fingerprint density at radius 3 is 0.885 bits per heavy atom. The minimum Gasteiger partial charge on any atom is -0.462 e. The van der Waals surface area contributed by atoms with E-state index in [1.807, 2.05) is 0 Å². The zero-order valence-corrected chi connectivity index (χ0v) is 54.8. The van der Waals surface area contributed by atoms with Gasteiger partial charge in [0.2, 0.25) is 0 Å². The quantitative estimate of drug-likeness (QED) is 0.0264. The smallest absolute Gasteiger partial charge is 0.462 e. The second kappa shape index (κ2) is 69.2. The van der Waals surface area contributed by atoms with Crippen LogP contribution in [0.25, 0.3) is 0 Å². The zero-order chi connectivity index (χ0) is 63.0. The molecule has 0 bridgehead atoms. The van der Waals surface area contributed by atoms with Crippen LogP contribution in [0, 0.1) is 0 Å². The Labute approximate surface area is 530 Å². The number of ether oxygens (including phenoxy) is 2. The van der Waals surface area contributed by atoms with Gasteiger partial charge in [-0.25, -0.2) is 4.57 Å². The first kappa shape index (κ1) is 81.1. The van der Waals surface area contributed by atoms with Crippen molar-refractivity contribution in [2.45, 2.75) is 213 Å². The monoisotopic (exact) mass is 1210 g/mol. The van der Waals surface area contributed by atoms with Crippen LogP contribution in [0.15, 0.2) is 231 Å². The number of phosphoric ester groups is 1. The Morgan fingerprint density at radius 1 is 0.345 bits per heavy atom. The lowest BCUT2D eigenvalue weighted by atomic mass is 10.1. The van der Waals surface area contributed by atoms with Gasteiger partial charge in [0.15, 0.2) is 6.10 Å². The fourth-order valence-corrected chi connectivity index (χ4v) is 8.54. The normalized spacial score (nSPS) is 14.5. The number of nitrogens with two attached hydrogens (primary N) is 1. The maximum atomic E-state index is 12.7. The Morgan fingerprint density at radius 2 is 0.598 bits per heavy atom. The average molecular weight is 1210 g/mol. The minimum atomic E-state index is -4.43. The molecular formula is C77H116NO8P. The van der Waals surface area contributed by atoms with Gasteiger partial charge in [0.05, 0.1) is 13.2 Å². The highest BCUT2D eigenvalue weighted by molar-refractivity contribution is 7.47. The number of rotatable bonds is 58. The molecule has 87 heavy (non-hydrogen) atoms. The van der Waals surface area contributed by atoms with Gasteiger partial charge in [-0.1, -0.05) is 264 Å². The van der Waals surface area contributed by atoms with Gasteiger partial charge in [-0.3, -0.25) is 18.6 Å². The van der Waals surface area contributed by atoms with Gasteiger partial charge in [0.1, 0.15) is 6.61 Å². The number of hydrogen-bond donors (Lipinski definition) is 2.